The maximum atomic E-state index is 12.4. The highest BCUT2D eigenvalue weighted by Gasteiger charge is 2.27. The number of benzene rings is 2. The van der Waals surface area contributed by atoms with Crippen molar-refractivity contribution in [2.24, 2.45) is 0 Å². The van der Waals surface area contributed by atoms with Crippen LogP contribution < -0.4 is 0 Å². The topological polar surface area (TPSA) is 65.2 Å². The molecule has 2 aromatic carbocycles. The average molecular weight is 476 g/mol. The van der Waals surface area contributed by atoms with Crippen LogP contribution in [0.3, 0.4) is 0 Å². The normalized spacial score (nSPS) is 15.9. The molecule has 7 heteroatoms. The van der Waals surface area contributed by atoms with Crippen molar-refractivity contribution in [3.63, 3.8) is 0 Å². The molecule has 1 aromatic heterocycles. The number of nitriles is 1. The Morgan fingerprint density at radius 2 is 2.03 bits per heavy atom. The molecule has 176 valence electrons. The van der Waals surface area contributed by atoms with Gasteiger partial charge in [-0.25, -0.2) is 4.98 Å². The van der Waals surface area contributed by atoms with Crippen molar-refractivity contribution >= 4 is 17.5 Å². The number of amides is 1. The second-order valence-electron chi connectivity index (χ2n) is 8.93. The third-order valence-corrected chi connectivity index (χ3v) is 6.77. The Kier molecular flexibility index (Phi) is 7.99. The van der Waals surface area contributed by atoms with Crippen molar-refractivity contribution in [2.75, 3.05) is 19.6 Å². The monoisotopic (exact) mass is 475 g/mol. The van der Waals surface area contributed by atoms with Gasteiger partial charge in [0.15, 0.2) is 0 Å². The molecule has 0 saturated carbocycles. The molecule has 0 radical (unpaired) electrons. The van der Waals surface area contributed by atoms with Crippen LogP contribution in [0.15, 0.2) is 61.1 Å². The first-order valence-corrected chi connectivity index (χ1v) is 12.1. The highest BCUT2D eigenvalue weighted by Crippen LogP contribution is 2.21. The predicted molar refractivity (Wildman–Crippen MR) is 133 cm³/mol. The summed E-state index contributed by atoms with van der Waals surface area (Å²) < 4.78 is 2.21. The molecule has 2 heterocycles. The maximum absolute atomic E-state index is 12.4. The number of carbonyl (C=O) groups is 1. The van der Waals surface area contributed by atoms with Crippen molar-refractivity contribution in [3.05, 3.63) is 88.5 Å². The Morgan fingerprint density at radius 3 is 2.76 bits per heavy atom. The van der Waals surface area contributed by atoms with Gasteiger partial charge >= 0.3 is 0 Å². The fourth-order valence-corrected chi connectivity index (χ4v) is 4.86. The zero-order valence-corrected chi connectivity index (χ0v) is 20.3. The zero-order valence-electron chi connectivity index (χ0n) is 19.5. The van der Waals surface area contributed by atoms with Crippen molar-refractivity contribution in [3.8, 4) is 6.07 Å². The highest BCUT2D eigenvalue weighted by atomic mass is 35.5. The molecule has 3 aromatic rings. The SMILES string of the molecule is CC(=O)N(Cc1cccc(Cl)c1)C[C@@H]1CCCN1CCn1cncc1Cc1ccc(C#N)cc1. The number of hydrogen-bond donors (Lipinski definition) is 0. The van der Waals surface area contributed by atoms with Gasteiger partial charge in [0, 0.05) is 62.5 Å². The molecule has 1 atom stereocenters. The van der Waals surface area contributed by atoms with Crippen LogP contribution in [-0.4, -0.2) is 50.9 Å². The first kappa shape index (κ1) is 24.0. The molecule has 1 fully saturated rings. The van der Waals surface area contributed by atoms with E-state index in [2.05, 4.69) is 20.5 Å². The van der Waals surface area contributed by atoms with Crippen LogP contribution in [0.25, 0.3) is 0 Å². The van der Waals surface area contributed by atoms with E-state index < -0.39 is 0 Å². The van der Waals surface area contributed by atoms with Gasteiger partial charge in [0.05, 0.1) is 18.0 Å². The first-order chi connectivity index (χ1) is 16.5. The van der Waals surface area contributed by atoms with E-state index in [4.69, 9.17) is 16.9 Å². The summed E-state index contributed by atoms with van der Waals surface area (Å²) in [6, 6.07) is 18.0. The van der Waals surface area contributed by atoms with E-state index in [-0.39, 0.29) is 5.91 Å². The third kappa shape index (κ3) is 6.25. The van der Waals surface area contributed by atoms with Gasteiger partial charge in [-0.3, -0.25) is 9.69 Å². The van der Waals surface area contributed by atoms with Crippen LogP contribution in [0, 0.1) is 11.3 Å². The van der Waals surface area contributed by atoms with Gasteiger partial charge in [-0.2, -0.15) is 5.26 Å². The van der Waals surface area contributed by atoms with Crippen LogP contribution in [0.4, 0.5) is 0 Å². The van der Waals surface area contributed by atoms with Crippen LogP contribution in [0.1, 0.15) is 42.1 Å². The largest absolute Gasteiger partial charge is 0.337 e. The summed E-state index contributed by atoms with van der Waals surface area (Å²) in [6.45, 7) is 5.78. The molecule has 0 unspecified atom stereocenters. The molecule has 6 nitrogen and oxygen atoms in total. The predicted octanol–water partition coefficient (Wildman–Crippen LogP) is 4.51. The van der Waals surface area contributed by atoms with E-state index in [9.17, 15) is 4.79 Å². The molecule has 0 aliphatic carbocycles. The molecule has 0 spiro atoms. The molecule has 1 saturated heterocycles. The molecule has 4 rings (SSSR count). The van der Waals surface area contributed by atoms with E-state index in [1.165, 1.54) is 0 Å². The lowest BCUT2D eigenvalue weighted by Gasteiger charge is -2.30. The Bertz CT molecular complexity index is 1150. The van der Waals surface area contributed by atoms with E-state index in [1.54, 1.807) is 6.92 Å². The molecule has 0 bridgehead atoms. The second-order valence-corrected chi connectivity index (χ2v) is 9.36. The minimum atomic E-state index is 0.0890. The smallest absolute Gasteiger partial charge is 0.219 e. The minimum absolute atomic E-state index is 0.0890. The van der Waals surface area contributed by atoms with Gasteiger partial charge in [-0.1, -0.05) is 35.9 Å². The van der Waals surface area contributed by atoms with Crippen LogP contribution >= 0.6 is 11.6 Å². The molecule has 1 aliphatic rings. The lowest BCUT2D eigenvalue weighted by molar-refractivity contribution is -0.130. The number of hydrogen-bond acceptors (Lipinski definition) is 4. The average Bonchev–Trinajstić information content (AvgIpc) is 3.46. The maximum Gasteiger partial charge on any atom is 0.219 e. The number of aromatic nitrogens is 2. The summed E-state index contributed by atoms with van der Waals surface area (Å²) in [4.78, 5) is 21.2. The standard InChI is InChI=1S/C27H30ClN5O/c1-21(34)33(18-24-4-2-5-25(28)14-24)19-26-6-3-11-31(26)12-13-32-20-30-17-27(32)15-22-7-9-23(16-29)10-8-22/h2,4-5,7-10,14,17,20,26H,3,6,11-13,15,18-19H2,1H3/t26-/m0/s1. The van der Waals surface area contributed by atoms with E-state index >= 15 is 0 Å². The minimum Gasteiger partial charge on any atom is -0.337 e. The van der Waals surface area contributed by atoms with Gasteiger partial charge in [-0.05, 0) is 54.8 Å². The number of halogens is 1. The Balaban J connectivity index is 1.35. The third-order valence-electron chi connectivity index (χ3n) is 6.53. The first-order valence-electron chi connectivity index (χ1n) is 11.7. The Morgan fingerprint density at radius 1 is 1.21 bits per heavy atom. The van der Waals surface area contributed by atoms with Crippen LogP contribution in [0.5, 0.6) is 0 Å². The summed E-state index contributed by atoms with van der Waals surface area (Å²) in [5.74, 6) is 0.0890. The van der Waals surface area contributed by atoms with Gasteiger partial charge in [0.2, 0.25) is 5.91 Å². The fraction of sp³-hybridized carbons (Fsp3) is 0.370. The number of imidazole rings is 1. The van der Waals surface area contributed by atoms with Gasteiger partial charge in [-0.15, -0.1) is 0 Å². The lowest BCUT2D eigenvalue weighted by atomic mass is 10.1. The van der Waals surface area contributed by atoms with Crippen molar-refractivity contribution in [1.82, 2.24) is 19.4 Å². The van der Waals surface area contributed by atoms with Gasteiger partial charge < -0.3 is 9.47 Å². The quantitative estimate of drug-likeness (QED) is 0.456. The molecule has 1 amide bonds. The van der Waals surface area contributed by atoms with E-state index in [0.29, 0.717) is 23.2 Å². The summed E-state index contributed by atoms with van der Waals surface area (Å²) in [6.07, 6.45) is 6.84. The Hall–Kier alpha value is -3.14. The number of nitrogens with zero attached hydrogens (tertiary/aromatic N) is 5. The number of rotatable bonds is 9. The van der Waals surface area contributed by atoms with Crippen molar-refractivity contribution in [2.45, 2.75) is 45.3 Å². The second kappa shape index (κ2) is 11.3. The summed E-state index contributed by atoms with van der Waals surface area (Å²) in [5.41, 5.74) is 4.05. The van der Waals surface area contributed by atoms with Gasteiger partial charge in [0.25, 0.3) is 0 Å². The van der Waals surface area contributed by atoms with Crippen LogP contribution in [-0.2, 0) is 24.3 Å². The summed E-state index contributed by atoms with van der Waals surface area (Å²) >= 11 is 6.14. The molecule has 34 heavy (non-hydrogen) atoms. The van der Waals surface area contributed by atoms with Crippen molar-refractivity contribution < 1.29 is 4.79 Å². The fourth-order valence-electron chi connectivity index (χ4n) is 4.65. The molecule has 1 aliphatic heterocycles. The number of likely N-dealkylation sites (tertiary alicyclic amines) is 1. The molecule has 0 N–H and O–H groups in total. The van der Waals surface area contributed by atoms with Crippen LogP contribution in [0.2, 0.25) is 5.02 Å². The number of carbonyl (C=O) groups excluding carboxylic acids is 1. The zero-order chi connectivity index (χ0) is 23.9. The summed E-state index contributed by atoms with van der Waals surface area (Å²) in [5, 5.41) is 9.69. The summed E-state index contributed by atoms with van der Waals surface area (Å²) in [7, 11) is 0. The lowest BCUT2D eigenvalue weighted by Crippen LogP contribution is -2.43. The van der Waals surface area contributed by atoms with Crippen molar-refractivity contribution in [1.29, 1.82) is 5.26 Å². The van der Waals surface area contributed by atoms with E-state index in [1.807, 2.05) is 66.0 Å². The van der Waals surface area contributed by atoms with E-state index in [0.717, 1.165) is 62.3 Å². The highest BCUT2D eigenvalue weighted by molar-refractivity contribution is 6.30. The van der Waals surface area contributed by atoms with Gasteiger partial charge in [0.1, 0.15) is 0 Å². The Labute approximate surface area is 206 Å². The molecular formula is C27H30ClN5O. The molecular weight excluding hydrogens is 446 g/mol.